The van der Waals surface area contributed by atoms with Crippen LogP contribution in [0.1, 0.15) is 19.8 Å². The van der Waals surface area contributed by atoms with Crippen molar-refractivity contribution in [3.05, 3.63) is 54.9 Å². The Labute approximate surface area is 124 Å². The Morgan fingerprint density at radius 2 is 1.71 bits per heavy atom. The normalized spacial score (nSPS) is 10.7. The van der Waals surface area contributed by atoms with Gasteiger partial charge in [0.15, 0.2) is 0 Å². The first-order valence-electron chi connectivity index (χ1n) is 7.32. The van der Waals surface area contributed by atoms with Crippen LogP contribution in [0.15, 0.2) is 54.9 Å². The van der Waals surface area contributed by atoms with Gasteiger partial charge in [-0.1, -0.05) is 55.8 Å². The lowest BCUT2D eigenvalue weighted by Crippen LogP contribution is -1.99. The largest absolute Gasteiger partial charge is 0.491 e. The molecule has 3 heteroatoms. The minimum Gasteiger partial charge on any atom is -0.491 e. The Kier molecular flexibility index (Phi) is 4.10. The number of fused-ring (bicyclic) bond motifs is 1. The van der Waals surface area contributed by atoms with Crippen molar-refractivity contribution in [2.24, 2.45) is 0 Å². The van der Waals surface area contributed by atoms with Crippen molar-refractivity contribution in [2.45, 2.75) is 19.8 Å². The summed E-state index contributed by atoms with van der Waals surface area (Å²) in [5.74, 6) is 0.801. The highest BCUT2D eigenvalue weighted by Crippen LogP contribution is 2.33. The van der Waals surface area contributed by atoms with E-state index in [0.29, 0.717) is 6.61 Å². The maximum atomic E-state index is 5.88. The summed E-state index contributed by atoms with van der Waals surface area (Å²) < 4.78 is 5.88. The standard InChI is InChI=1S/C18H18N2O/c1-2-3-11-21-18-13-20-19-12-17(18)16-10-6-8-14-7-4-5-9-15(14)16/h4-10,12-13H,2-3,11H2,1H3. The minimum atomic E-state index is 0.708. The van der Waals surface area contributed by atoms with Gasteiger partial charge in [-0.25, -0.2) is 0 Å². The van der Waals surface area contributed by atoms with Gasteiger partial charge in [0.05, 0.1) is 19.0 Å². The smallest absolute Gasteiger partial charge is 0.148 e. The third-order valence-corrected chi connectivity index (χ3v) is 3.53. The highest BCUT2D eigenvalue weighted by molar-refractivity contribution is 5.97. The summed E-state index contributed by atoms with van der Waals surface area (Å²) in [6, 6.07) is 14.6. The second-order valence-corrected chi connectivity index (χ2v) is 5.00. The van der Waals surface area contributed by atoms with Crippen LogP contribution in [0.4, 0.5) is 0 Å². The van der Waals surface area contributed by atoms with Crippen molar-refractivity contribution in [1.29, 1.82) is 0 Å². The summed E-state index contributed by atoms with van der Waals surface area (Å²) in [7, 11) is 0. The van der Waals surface area contributed by atoms with Gasteiger partial charge in [-0.15, -0.1) is 0 Å². The van der Waals surface area contributed by atoms with E-state index in [1.807, 2.05) is 0 Å². The number of ether oxygens (including phenoxy) is 1. The predicted octanol–water partition coefficient (Wildman–Crippen LogP) is 4.48. The first kappa shape index (κ1) is 13.6. The van der Waals surface area contributed by atoms with E-state index >= 15 is 0 Å². The molecule has 0 bridgehead atoms. The Bertz CT molecular complexity index is 735. The first-order chi connectivity index (χ1) is 10.4. The Morgan fingerprint density at radius 1 is 0.905 bits per heavy atom. The molecule has 0 unspecified atom stereocenters. The average Bonchev–Trinajstić information content (AvgIpc) is 2.55. The molecule has 0 aliphatic carbocycles. The summed E-state index contributed by atoms with van der Waals surface area (Å²) in [5, 5.41) is 10.4. The van der Waals surface area contributed by atoms with E-state index in [9.17, 15) is 0 Å². The Morgan fingerprint density at radius 3 is 2.62 bits per heavy atom. The topological polar surface area (TPSA) is 35.0 Å². The molecule has 0 saturated carbocycles. The number of rotatable bonds is 5. The molecule has 106 valence electrons. The zero-order valence-corrected chi connectivity index (χ0v) is 12.1. The molecule has 0 radical (unpaired) electrons. The zero-order valence-electron chi connectivity index (χ0n) is 12.1. The van der Waals surface area contributed by atoms with Gasteiger partial charge >= 0.3 is 0 Å². The second kappa shape index (κ2) is 6.35. The van der Waals surface area contributed by atoms with Crippen LogP contribution in [0.2, 0.25) is 0 Å². The Hall–Kier alpha value is -2.42. The van der Waals surface area contributed by atoms with Crippen molar-refractivity contribution >= 4 is 10.8 Å². The van der Waals surface area contributed by atoms with Gasteiger partial charge < -0.3 is 4.74 Å². The molecular weight excluding hydrogens is 260 g/mol. The van der Waals surface area contributed by atoms with E-state index < -0.39 is 0 Å². The zero-order chi connectivity index (χ0) is 14.5. The lowest BCUT2D eigenvalue weighted by atomic mass is 9.99. The molecule has 0 spiro atoms. The fourth-order valence-electron chi connectivity index (χ4n) is 2.41. The fourth-order valence-corrected chi connectivity index (χ4v) is 2.41. The molecule has 1 heterocycles. The monoisotopic (exact) mass is 278 g/mol. The van der Waals surface area contributed by atoms with Gasteiger partial charge in [0.2, 0.25) is 0 Å². The van der Waals surface area contributed by atoms with Crippen LogP contribution in [-0.2, 0) is 0 Å². The molecule has 1 aromatic heterocycles. The van der Waals surface area contributed by atoms with Crippen LogP contribution in [0, 0.1) is 0 Å². The fraction of sp³-hybridized carbons (Fsp3) is 0.222. The predicted molar refractivity (Wildman–Crippen MR) is 85.4 cm³/mol. The van der Waals surface area contributed by atoms with Gasteiger partial charge in [-0.05, 0) is 22.8 Å². The van der Waals surface area contributed by atoms with Crippen molar-refractivity contribution in [3.8, 4) is 16.9 Å². The van der Waals surface area contributed by atoms with Crippen molar-refractivity contribution in [1.82, 2.24) is 10.2 Å². The van der Waals surface area contributed by atoms with Crippen LogP contribution < -0.4 is 4.74 Å². The number of aromatic nitrogens is 2. The van der Waals surface area contributed by atoms with E-state index in [-0.39, 0.29) is 0 Å². The van der Waals surface area contributed by atoms with Gasteiger partial charge in [0, 0.05) is 5.56 Å². The van der Waals surface area contributed by atoms with Crippen molar-refractivity contribution in [3.63, 3.8) is 0 Å². The quantitative estimate of drug-likeness (QED) is 0.646. The molecule has 0 saturated heterocycles. The molecule has 0 fully saturated rings. The molecule has 0 aliphatic heterocycles. The van der Waals surface area contributed by atoms with Gasteiger partial charge in [-0.2, -0.15) is 10.2 Å². The summed E-state index contributed by atoms with van der Waals surface area (Å²) in [4.78, 5) is 0. The van der Waals surface area contributed by atoms with Crippen LogP contribution in [-0.4, -0.2) is 16.8 Å². The minimum absolute atomic E-state index is 0.708. The molecule has 3 nitrogen and oxygen atoms in total. The molecule has 3 aromatic rings. The molecule has 0 amide bonds. The number of unbranched alkanes of at least 4 members (excludes halogenated alkanes) is 1. The van der Waals surface area contributed by atoms with Crippen LogP contribution in [0.3, 0.4) is 0 Å². The molecule has 0 atom stereocenters. The van der Waals surface area contributed by atoms with E-state index in [1.165, 1.54) is 10.8 Å². The molecular formula is C18H18N2O. The lowest BCUT2D eigenvalue weighted by molar-refractivity contribution is 0.309. The first-order valence-corrected chi connectivity index (χ1v) is 7.32. The summed E-state index contributed by atoms with van der Waals surface area (Å²) >= 11 is 0. The van der Waals surface area contributed by atoms with E-state index in [1.54, 1.807) is 12.4 Å². The maximum absolute atomic E-state index is 5.88. The highest BCUT2D eigenvalue weighted by atomic mass is 16.5. The number of benzene rings is 2. The molecule has 0 N–H and O–H groups in total. The Balaban J connectivity index is 2.06. The van der Waals surface area contributed by atoms with Gasteiger partial charge in [-0.3, -0.25) is 0 Å². The van der Waals surface area contributed by atoms with Gasteiger partial charge in [0.25, 0.3) is 0 Å². The number of nitrogens with zero attached hydrogens (tertiary/aromatic N) is 2. The molecule has 0 aliphatic rings. The lowest BCUT2D eigenvalue weighted by Gasteiger charge is -2.12. The van der Waals surface area contributed by atoms with Crippen molar-refractivity contribution in [2.75, 3.05) is 6.61 Å². The van der Waals surface area contributed by atoms with Crippen LogP contribution in [0.25, 0.3) is 21.9 Å². The van der Waals surface area contributed by atoms with Gasteiger partial charge in [0.1, 0.15) is 5.75 Å². The van der Waals surface area contributed by atoms with Crippen molar-refractivity contribution < 1.29 is 4.74 Å². The molecule has 3 rings (SSSR count). The highest BCUT2D eigenvalue weighted by Gasteiger charge is 2.10. The van der Waals surface area contributed by atoms with E-state index in [2.05, 4.69) is 59.6 Å². The molecule has 21 heavy (non-hydrogen) atoms. The third-order valence-electron chi connectivity index (χ3n) is 3.53. The molecule has 2 aromatic carbocycles. The summed E-state index contributed by atoms with van der Waals surface area (Å²) in [6.07, 6.45) is 5.63. The van der Waals surface area contributed by atoms with Crippen LogP contribution in [0.5, 0.6) is 5.75 Å². The number of hydrogen-bond donors (Lipinski definition) is 0. The third kappa shape index (κ3) is 2.87. The maximum Gasteiger partial charge on any atom is 0.148 e. The van der Waals surface area contributed by atoms with Crippen LogP contribution >= 0.6 is 0 Å². The summed E-state index contributed by atoms with van der Waals surface area (Å²) in [6.45, 7) is 2.86. The number of hydrogen-bond acceptors (Lipinski definition) is 3. The van der Waals surface area contributed by atoms with E-state index in [0.717, 1.165) is 29.7 Å². The second-order valence-electron chi connectivity index (χ2n) is 5.00. The SMILES string of the molecule is CCCCOc1cnncc1-c1cccc2ccccc12. The summed E-state index contributed by atoms with van der Waals surface area (Å²) in [5.41, 5.74) is 2.13. The van der Waals surface area contributed by atoms with E-state index in [4.69, 9.17) is 4.74 Å². The average molecular weight is 278 g/mol.